The number of carbonyl (C=O) groups excluding carboxylic acids is 5. The largest absolute Gasteiger partial charge is 0.460 e. The lowest BCUT2D eigenvalue weighted by molar-refractivity contribution is -0.156. The topological polar surface area (TPSA) is 192 Å². The van der Waals surface area contributed by atoms with E-state index in [0.29, 0.717) is 80.7 Å². The zero-order valence-electron chi connectivity index (χ0n) is 43.8. The molecule has 3 aromatic carbocycles. The number of aliphatic hydroxyl groups excluding tert-OH is 1. The van der Waals surface area contributed by atoms with Crippen molar-refractivity contribution in [2.45, 2.75) is 95.9 Å². The Hall–Kier alpha value is -6.24. The highest BCUT2D eigenvalue weighted by molar-refractivity contribution is 6.08. The number of carbonyl (C=O) groups is 5. The number of nitrogens with zero attached hydrogens (tertiary/aromatic N) is 5. The summed E-state index contributed by atoms with van der Waals surface area (Å²) in [5.74, 6) is -1.35. The van der Waals surface area contributed by atoms with Crippen LogP contribution in [0, 0.1) is 0 Å². The molecule has 3 N–H and O–H groups in total. The predicted octanol–water partition coefficient (Wildman–Crippen LogP) is 6.55. The van der Waals surface area contributed by atoms with E-state index in [1.807, 2.05) is 56.0 Å². The molecule has 17 nitrogen and oxygen atoms in total. The fourth-order valence-corrected chi connectivity index (χ4v) is 9.69. The van der Waals surface area contributed by atoms with Gasteiger partial charge < -0.3 is 49.4 Å². The van der Waals surface area contributed by atoms with Gasteiger partial charge in [-0.2, -0.15) is 0 Å². The number of benzene rings is 3. The lowest BCUT2D eigenvalue weighted by atomic mass is 9.87. The third-order valence-corrected chi connectivity index (χ3v) is 13.6. The van der Waals surface area contributed by atoms with Crippen LogP contribution in [0.25, 0.3) is 11.3 Å². The normalized spacial score (nSPS) is 17.8. The van der Waals surface area contributed by atoms with Gasteiger partial charge in [0.2, 0.25) is 5.91 Å². The Kier molecular flexibility index (Phi) is 20.1. The monoisotopic (exact) mass is 1020 g/mol. The summed E-state index contributed by atoms with van der Waals surface area (Å²) in [6.07, 6.45) is 7.61. The predicted molar refractivity (Wildman–Crippen MR) is 283 cm³/mol. The standard InChI is InChI=1S/C57H75N7O10/c1-57(2,3)74-52(66)22-29-71-31-33-73-34-32-72-30-28-62(5)56(70)51-38-45(65)39-64(51)27-26-61(4)55(69)43-16-11-15-41(35-43)53(67)60-49-20-19-44(63-24-9-6-10-25-63)37-47(49)50-36-42(21-23-58-50)54(68)59-48-18-12-14-40-13-7-8-17-46(40)48/h7-8,11,13,15-17,19-21,23,35-37,45,48,51,65H,6,9-10,12,14,18,22,24-34,38-39H2,1-5H3,(H,59,68)(H,60,67)/t45-,48+,51+/m1/s1. The van der Waals surface area contributed by atoms with E-state index in [1.54, 1.807) is 66.5 Å². The molecule has 3 atom stereocenters. The van der Waals surface area contributed by atoms with Crippen LogP contribution in [-0.4, -0.2) is 165 Å². The van der Waals surface area contributed by atoms with Gasteiger partial charge in [0, 0.05) is 87.5 Å². The Morgan fingerprint density at radius 1 is 0.757 bits per heavy atom. The molecule has 0 saturated carbocycles. The highest BCUT2D eigenvalue weighted by atomic mass is 16.6. The minimum atomic E-state index is -0.686. The van der Waals surface area contributed by atoms with Crippen molar-refractivity contribution in [3.8, 4) is 11.3 Å². The van der Waals surface area contributed by atoms with Crippen LogP contribution in [0.5, 0.6) is 0 Å². The van der Waals surface area contributed by atoms with Gasteiger partial charge in [0.25, 0.3) is 17.7 Å². The van der Waals surface area contributed by atoms with Crippen LogP contribution >= 0.6 is 0 Å². The van der Waals surface area contributed by atoms with Gasteiger partial charge in [0.1, 0.15) is 5.60 Å². The molecule has 398 valence electrons. The van der Waals surface area contributed by atoms with Gasteiger partial charge >= 0.3 is 5.97 Å². The number of rotatable bonds is 23. The number of aromatic nitrogens is 1. The number of likely N-dealkylation sites (tertiary alicyclic amines) is 1. The van der Waals surface area contributed by atoms with E-state index in [2.05, 4.69) is 27.7 Å². The van der Waals surface area contributed by atoms with E-state index in [1.165, 1.54) is 12.0 Å². The maximum atomic E-state index is 14.1. The lowest BCUT2D eigenvalue weighted by Gasteiger charge is -2.29. The molecular weight excluding hydrogens is 943 g/mol. The molecule has 1 aromatic heterocycles. The smallest absolute Gasteiger partial charge is 0.308 e. The van der Waals surface area contributed by atoms with Crippen LogP contribution in [-0.2, 0) is 35.0 Å². The molecule has 1 aliphatic carbocycles. The molecule has 7 rings (SSSR count). The first kappa shape index (κ1) is 55.5. The third-order valence-electron chi connectivity index (χ3n) is 13.6. The average molecular weight is 1020 g/mol. The third kappa shape index (κ3) is 15.9. The van der Waals surface area contributed by atoms with Gasteiger partial charge in [-0.05, 0) is 125 Å². The zero-order chi connectivity index (χ0) is 52.6. The molecule has 0 spiro atoms. The number of nitrogens with one attached hydrogen (secondary N) is 2. The number of amides is 4. The maximum Gasteiger partial charge on any atom is 0.308 e. The molecule has 4 amide bonds. The molecule has 0 unspecified atom stereocenters. The van der Waals surface area contributed by atoms with E-state index < -0.39 is 23.7 Å². The molecular formula is C57H75N7O10. The van der Waals surface area contributed by atoms with Crippen molar-refractivity contribution >= 4 is 41.0 Å². The van der Waals surface area contributed by atoms with Crippen LogP contribution in [0.1, 0.15) is 114 Å². The summed E-state index contributed by atoms with van der Waals surface area (Å²) >= 11 is 0. The highest BCUT2D eigenvalue weighted by Crippen LogP contribution is 2.34. The molecule has 3 aliphatic rings. The Balaban J connectivity index is 0.905. The van der Waals surface area contributed by atoms with Crippen LogP contribution < -0.4 is 15.5 Å². The number of pyridine rings is 1. The number of hydrogen-bond donors (Lipinski definition) is 3. The maximum absolute atomic E-state index is 14.1. The Morgan fingerprint density at radius 3 is 2.24 bits per heavy atom. The Bertz CT molecular complexity index is 2540. The minimum absolute atomic E-state index is 0.0840. The fourth-order valence-electron chi connectivity index (χ4n) is 9.69. The van der Waals surface area contributed by atoms with Crippen LogP contribution in [0.15, 0.2) is 85.1 Å². The summed E-state index contributed by atoms with van der Waals surface area (Å²) in [6.45, 7) is 10.5. The van der Waals surface area contributed by atoms with Crippen LogP contribution in [0.2, 0.25) is 0 Å². The molecule has 0 bridgehead atoms. The van der Waals surface area contributed by atoms with E-state index in [9.17, 15) is 29.1 Å². The van der Waals surface area contributed by atoms with Gasteiger partial charge in [-0.15, -0.1) is 0 Å². The highest BCUT2D eigenvalue weighted by Gasteiger charge is 2.37. The lowest BCUT2D eigenvalue weighted by Crippen LogP contribution is -2.47. The summed E-state index contributed by atoms with van der Waals surface area (Å²) in [5.41, 5.74) is 5.71. The molecule has 3 heterocycles. The number of piperidine rings is 1. The SMILES string of the molecule is CN(CCN1C[C@H](O)C[C@H]1C(=O)N(C)CCOCCOCCOCCC(=O)OC(C)(C)C)C(=O)c1cccc(C(=O)Nc2ccc(N3CCCCC3)cc2-c2cc(C(=O)N[C@H]3CCCc4ccccc43)ccn2)c1. The second-order valence-corrected chi connectivity index (χ2v) is 20.4. The van der Waals surface area contributed by atoms with Crippen molar-refractivity contribution in [3.05, 3.63) is 113 Å². The van der Waals surface area contributed by atoms with Crippen LogP contribution in [0.4, 0.5) is 11.4 Å². The average Bonchev–Trinajstić information content (AvgIpc) is 3.78. The van der Waals surface area contributed by atoms with E-state index in [4.69, 9.17) is 23.9 Å². The fraction of sp³-hybridized carbons (Fsp3) is 0.509. The number of anilines is 2. The first-order valence-electron chi connectivity index (χ1n) is 26.2. The second kappa shape index (κ2) is 26.8. The molecule has 0 radical (unpaired) electrons. The number of aliphatic hydroxyl groups is 1. The van der Waals surface area contributed by atoms with Crippen molar-refractivity contribution in [1.82, 2.24) is 25.0 Å². The molecule has 4 aromatic rings. The van der Waals surface area contributed by atoms with Gasteiger partial charge in [-0.25, -0.2) is 0 Å². The van der Waals surface area contributed by atoms with Crippen LogP contribution in [0.3, 0.4) is 0 Å². The van der Waals surface area contributed by atoms with Crippen molar-refractivity contribution in [3.63, 3.8) is 0 Å². The quantitative estimate of drug-likeness (QED) is 0.0536. The first-order valence-corrected chi connectivity index (χ1v) is 26.2. The van der Waals surface area contributed by atoms with E-state index >= 15 is 0 Å². The Morgan fingerprint density at radius 2 is 1.47 bits per heavy atom. The number of likely N-dealkylation sites (N-methyl/N-ethyl adjacent to an activating group) is 2. The molecule has 2 fully saturated rings. The minimum Gasteiger partial charge on any atom is -0.460 e. The first-order chi connectivity index (χ1) is 35.6. The Labute approximate surface area is 435 Å². The van der Waals surface area contributed by atoms with Gasteiger partial charge in [0.15, 0.2) is 0 Å². The van der Waals surface area contributed by atoms with Crippen molar-refractivity contribution < 1.29 is 48.0 Å². The summed E-state index contributed by atoms with van der Waals surface area (Å²) in [5, 5.41) is 17.0. The van der Waals surface area contributed by atoms with E-state index in [0.717, 1.165) is 56.4 Å². The number of ether oxygens (including phenoxy) is 4. The van der Waals surface area contributed by atoms with Gasteiger partial charge in [0.05, 0.1) is 75.6 Å². The summed E-state index contributed by atoms with van der Waals surface area (Å²) in [6, 6.07) is 23.6. The van der Waals surface area contributed by atoms with Crippen molar-refractivity contribution in [2.24, 2.45) is 0 Å². The number of hydrogen-bond acceptors (Lipinski definition) is 13. The second-order valence-electron chi connectivity index (χ2n) is 20.4. The van der Waals surface area contributed by atoms with Gasteiger partial charge in [-0.1, -0.05) is 30.3 Å². The van der Waals surface area contributed by atoms with Crippen molar-refractivity contribution in [2.75, 3.05) is 103 Å². The van der Waals surface area contributed by atoms with Gasteiger partial charge in [-0.3, -0.25) is 33.9 Å². The number of esters is 1. The molecule has 2 saturated heterocycles. The summed E-state index contributed by atoms with van der Waals surface area (Å²) < 4.78 is 21.9. The number of aryl methyl sites for hydroxylation is 1. The molecule has 17 heteroatoms. The number of β-amino-alcohol motifs (C(OH)–C–C–N with tert-alkyl or cyclic N) is 1. The summed E-state index contributed by atoms with van der Waals surface area (Å²) in [4.78, 5) is 79.2. The summed E-state index contributed by atoms with van der Waals surface area (Å²) in [7, 11) is 3.38. The zero-order valence-corrected chi connectivity index (χ0v) is 43.8. The number of fused-ring (bicyclic) bond motifs is 1. The molecule has 2 aliphatic heterocycles. The molecule has 74 heavy (non-hydrogen) atoms. The van der Waals surface area contributed by atoms with E-state index in [-0.39, 0.29) is 61.3 Å². The van der Waals surface area contributed by atoms with Crippen molar-refractivity contribution in [1.29, 1.82) is 0 Å².